The van der Waals surface area contributed by atoms with Crippen LogP contribution in [0.25, 0.3) is 0 Å². The molecule has 1 N–H and O–H groups in total. The molecule has 3 aromatic rings. The summed E-state index contributed by atoms with van der Waals surface area (Å²) in [4.78, 5) is 12.3. The second kappa shape index (κ2) is 8.27. The highest BCUT2D eigenvalue weighted by atomic mass is 35.5. The molecule has 5 nitrogen and oxygen atoms in total. The van der Waals surface area contributed by atoms with Crippen LogP contribution < -0.4 is 10.1 Å². The Morgan fingerprint density at radius 1 is 1.15 bits per heavy atom. The third-order valence-corrected chi connectivity index (χ3v) is 4.50. The summed E-state index contributed by atoms with van der Waals surface area (Å²) in [6.45, 7) is 6.48. The van der Waals surface area contributed by atoms with Crippen LogP contribution in [-0.2, 0) is 11.3 Å². The molecular weight excluding hydrogens is 362 g/mol. The predicted molar refractivity (Wildman–Crippen MR) is 108 cm³/mol. The molecule has 1 heterocycles. The van der Waals surface area contributed by atoms with Gasteiger partial charge in [0.25, 0.3) is 5.91 Å². The summed E-state index contributed by atoms with van der Waals surface area (Å²) in [5, 5.41) is 8.09. The molecule has 0 radical (unpaired) electrons. The number of nitrogens with one attached hydrogen (secondary N) is 1. The maximum atomic E-state index is 12.3. The van der Waals surface area contributed by atoms with Gasteiger partial charge in [0.1, 0.15) is 5.75 Å². The van der Waals surface area contributed by atoms with Gasteiger partial charge in [0, 0.05) is 5.02 Å². The molecule has 0 aliphatic heterocycles. The molecule has 27 heavy (non-hydrogen) atoms. The summed E-state index contributed by atoms with van der Waals surface area (Å²) >= 11 is 5.84. The molecule has 1 amide bonds. The number of hydrogen-bond acceptors (Lipinski definition) is 3. The first-order chi connectivity index (χ1) is 12.9. The first-order valence-electron chi connectivity index (χ1n) is 8.70. The maximum Gasteiger partial charge on any atom is 0.262 e. The van der Waals surface area contributed by atoms with E-state index in [1.54, 1.807) is 24.3 Å². The van der Waals surface area contributed by atoms with Crippen molar-refractivity contribution in [1.82, 2.24) is 9.78 Å². The third kappa shape index (κ3) is 4.89. The topological polar surface area (TPSA) is 56.2 Å². The lowest BCUT2D eigenvalue weighted by molar-refractivity contribution is -0.118. The van der Waals surface area contributed by atoms with E-state index in [9.17, 15) is 4.79 Å². The van der Waals surface area contributed by atoms with E-state index in [1.165, 1.54) is 11.1 Å². The number of nitrogens with zero attached hydrogens (tertiary/aromatic N) is 2. The first-order valence-corrected chi connectivity index (χ1v) is 9.08. The summed E-state index contributed by atoms with van der Waals surface area (Å²) in [6, 6.07) is 15.2. The zero-order chi connectivity index (χ0) is 19.4. The van der Waals surface area contributed by atoms with Crippen LogP contribution in [-0.4, -0.2) is 22.3 Å². The van der Waals surface area contributed by atoms with Gasteiger partial charge in [-0.2, -0.15) is 5.10 Å². The number of amides is 1. The fourth-order valence-electron chi connectivity index (χ4n) is 2.87. The first kappa shape index (κ1) is 19.0. The molecule has 6 heteroatoms. The predicted octanol–water partition coefficient (Wildman–Crippen LogP) is 4.53. The normalized spacial score (nSPS) is 10.7. The van der Waals surface area contributed by atoms with Crippen LogP contribution in [0.2, 0.25) is 5.02 Å². The highest BCUT2D eigenvalue weighted by molar-refractivity contribution is 6.30. The molecule has 1 aromatic heterocycles. The molecule has 0 spiro atoms. The molecule has 0 fully saturated rings. The number of carbonyl (C=O) groups excluding carboxylic acids is 1. The van der Waals surface area contributed by atoms with Crippen molar-refractivity contribution in [2.24, 2.45) is 0 Å². The zero-order valence-corrected chi connectivity index (χ0v) is 16.4. The molecule has 140 valence electrons. The molecule has 0 bridgehead atoms. The Kier molecular flexibility index (Phi) is 5.81. The summed E-state index contributed by atoms with van der Waals surface area (Å²) in [5.74, 6) is 0.365. The number of carbonyl (C=O) groups is 1. The molecule has 0 aliphatic carbocycles. The van der Waals surface area contributed by atoms with Crippen LogP contribution >= 0.6 is 11.6 Å². The van der Waals surface area contributed by atoms with Gasteiger partial charge in [-0.25, -0.2) is 0 Å². The molecule has 0 saturated carbocycles. The number of aryl methyl sites for hydroxylation is 2. The van der Waals surface area contributed by atoms with Crippen molar-refractivity contribution in [1.29, 1.82) is 0 Å². The average Bonchev–Trinajstić information content (AvgIpc) is 2.89. The summed E-state index contributed by atoms with van der Waals surface area (Å²) < 4.78 is 7.40. The Bertz CT molecular complexity index is 949. The number of anilines is 1. The van der Waals surface area contributed by atoms with Gasteiger partial charge in [-0.15, -0.1) is 0 Å². The minimum Gasteiger partial charge on any atom is -0.484 e. The van der Waals surface area contributed by atoms with Crippen LogP contribution in [0.4, 0.5) is 5.69 Å². The average molecular weight is 384 g/mol. The van der Waals surface area contributed by atoms with E-state index in [1.807, 2.05) is 24.6 Å². The minimum atomic E-state index is -0.230. The van der Waals surface area contributed by atoms with Crippen LogP contribution in [0.15, 0.2) is 48.5 Å². The fraction of sp³-hybridized carbons (Fsp3) is 0.238. The summed E-state index contributed by atoms with van der Waals surface area (Å²) in [6.07, 6.45) is 0. The van der Waals surface area contributed by atoms with Gasteiger partial charge >= 0.3 is 0 Å². The maximum absolute atomic E-state index is 12.3. The SMILES string of the molecule is Cc1cccc(Cn2nc(C)c(NC(=O)COc3ccc(Cl)cc3)c2C)c1. The molecular formula is C21H22ClN3O2. The van der Waals surface area contributed by atoms with Gasteiger partial charge in [-0.3, -0.25) is 9.48 Å². The van der Waals surface area contributed by atoms with E-state index in [0.29, 0.717) is 17.3 Å². The Balaban J connectivity index is 1.65. The lowest BCUT2D eigenvalue weighted by atomic mass is 10.1. The highest BCUT2D eigenvalue weighted by Gasteiger charge is 2.15. The number of halogens is 1. The van der Waals surface area contributed by atoms with E-state index >= 15 is 0 Å². The van der Waals surface area contributed by atoms with Gasteiger partial charge in [0.15, 0.2) is 6.61 Å². The number of aromatic nitrogens is 2. The van der Waals surface area contributed by atoms with Crippen molar-refractivity contribution in [3.8, 4) is 5.75 Å². The van der Waals surface area contributed by atoms with Crippen LogP contribution in [0.3, 0.4) is 0 Å². The van der Waals surface area contributed by atoms with Gasteiger partial charge in [-0.1, -0.05) is 41.4 Å². The van der Waals surface area contributed by atoms with E-state index < -0.39 is 0 Å². The van der Waals surface area contributed by atoms with Crippen molar-refractivity contribution in [2.45, 2.75) is 27.3 Å². The summed E-state index contributed by atoms with van der Waals surface area (Å²) in [7, 11) is 0. The lowest BCUT2D eigenvalue weighted by Crippen LogP contribution is -2.21. The Morgan fingerprint density at radius 2 is 1.89 bits per heavy atom. The number of rotatable bonds is 6. The number of ether oxygens (including phenoxy) is 1. The Hall–Kier alpha value is -2.79. The highest BCUT2D eigenvalue weighted by Crippen LogP contribution is 2.21. The third-order valence-electron chi connectivity index (χ3n) is 4.24. The van der Waals surface area contributed by atoms with Crippen LogP contribution in [0, 0.1) is 20.8 Å². The molecule has 0 aliphatic rings. The molecule has 0 atom stereocenters. The minimum absolute atomic E-state index is 0.0798. The smallest absolute Gasteiger partial charge is 0.262 e. The van der Waals surface area contributed by atoms with E-state index in [2.05, 4.69) is 35.5 Å². The van der Waals surface area contributed by atoms with Crippen molar-refractivity contribution in [2.75, 3.05) is 11.9 Å². The van der Waals surface area contributed by atoms with Gasteiger partial charge in [-0.05, 0) is 50.6 Å². The second-order valence-corrected chi connectivity index (χ2v) is 6.92. The quantitative estimate of drug-likeness (QED) is 0.680. The standard InChI is InChI=1S/C21H22ClN3O2/c1-14-5-4-6-17(11-14)12-25-16(3)21(15(2)24-25)23-20(26)13-27-19-9-7-18(22)8-10-19/h4-11H,12-13H2,1-3H3,(H,23,26). The van der Waals surface area contributed by atoms with Crippen molar-refractivity contribution in [3.63, 3.8) is 0 Å². The van der Waals surface area contributed by atoms with E-state index in [-0.39, 0.29) is 12.5 Å². The van der Waals surface area contributed by atoms with Gasteiger partial charge in [0.2, 0.25) is 0 Å². The van der Waals surface area contributed by atoms with Crippen LogP contribution in [0.5, 0.6) is 5.75 Å². The van der Waals surface area contributed by atoms with Crippen molar-refractivity contribution in [3.05, 3.63) is 76.1 Å². The van der Waals surface area contributed by atoms with Gasteiger partial charge < -0.3 is 10.1 Å². The largest absolute Gasteiger partial charge is 0.484 e. The lowest BCUT2D eigenvalue weighted by Gasteiger charge is -2.09. The Morgan fingerprint density at radius 3 is 2.59 bits per heavy atom. The fourth-order valence-corrected chi connectivity index (χ4v) is 3.00. The second-order valence-electron chi connectivity index (χ2n) is 6.48. The summed E-state index contributed by atoms with van der Waals surface area (Å²) in [5.41, 5.74) is 4.80. The monoisotopic (exact) mass is 383 g/mol. The van der Waals surface area contributed by atoms with E-state index in [4.69, 9.17) is 16.3 Å². The van der Waals surface area contributed by atoms with Crippen molar-refractivity contribution < 1.29 is 9.53 Å². The van der Waals surface area contributed by atoms with Crippen LogP contribution in [0.1, 0.15) is 22.5 Å². The van der Waals surface area contributed by atoms with E-state index in [0.717, 1.165) is 17.1 Å². The molecule has 0 saturated heterocycles. The zero-order valence-electron chi connectivity index (χ0n) is 15.6. The molecule has 2 aromatic carbocycles. The van der Waals surface area contributed by atoms with Gasteiger partial charge in [0.05, 0.1) is 23.6 Å². The number of hydrogen-bond donors (Lipinski definition) is 1. The molecule has 0 unspecified atom stereocenters. The Labute approximate surface area is 163 Å². The molecule has 3 rings (SSSR count). The number of benzene rings is 2. The van der Waals surface area contributed by atoms with Crippen molar-refractivity contribution >= 4 is 23.2 Å².